The molecule has 0 spiro atoms. The Balaban J connectivity index is 1.53. The Labute approximate surface area is 222 Å². The van der Waals surface area contributed by atoms with Crippen molar-refractivity contribution in [3.63, 3.8) is 0 Å². The molecule has 5 rings (SSSR count). The quantitative estimate of drug-likeness (QED) is 0.336. The summed E-state index contributed by atoms with van der Waals surface area (Å²) in [4.78, 5) is 19.7. The number of nitrogens with one attached hydrogen (secondary N) is 2. The molecular weight excluding hydrogens is 482 g/mol. The molecule has 2 aromatic heterocycles. The first kappa shape index (κ1) is 24.5. The number of aryl methyl sites for hydroxylation is 1. The third-order valence-electron chi connectivity index (χ3n) is 6.69. The van der Waals surface area contributed by atoms with Crippen LogP contribution >= 0.6 is 12.2 Å². The minimum absolute atomic E-state index is 0.112. The van der Waals surface area contributed by atoms with Crippen LogP contribution < -0.4 is 15.4 Å². The van der Waals surface area contributed by atoms with E-state index in [1.165, 1.54) is 0 Å². The van der Waals surface area contributed by atoms with E-state index in [1.807, 2.05) is 77.7 Å². The number of benzene rings is 2. The van der Waals surface area contributed by atoms with Gasteiger partial charge in [-0.05, 0) is 86.2 Å². The smallest absolute Gasteiger partial charge is 0.244 e. The summed E-state index contributed by atoms with van der Waals surface area (Å²) in [5, 5.41) is 6.95. The van der Waals surface area contributed by atoms with E-state index in [0.717, 1.165) is 39.8 Å². The number of rotatable bonds is 7. The molecule has 0 unspecified atom stereocenters. The maximum absolute atomic E-state index is 13.1. The number of aromatic nitrogens is 2. The summed E-state index contributed by atoms with van der Waals surface area (Å²) in [7, 11) is 1.66. The van der Waals surface area contributed by atoms with Gasteiger partial charge in [0, 0.05) is 29.0 Å². The summed E-state index contributed by atoms with van der Waals surface area (Å²) >= 11 is 5.77. The number of methoxy groups -OCH3 is 1. The highest BCUT2D eigenvalue weighted by atomic mass is 32.1. The number of carbonyl (C=O) groups excluding carboxylic acids is 1. The first-order chi connectivity index (χ1) is 18.0. The van der Waals surface area contributed by atoms with Gasteiger partial charge in [-0.1, -0.05) is 24.3 Å². The van der Waals surface area contributed by atoms with Gasteiger partial charge >= 0.3 is 0 Å². The highest BCUT2D eigenvalue weighted by Gasteiger charge is 2.42. The maximum atomic E-state index is 13.1. The molecule has 4 aromatic rings. The molecular formula is C29H29N5O2S. The van der Waals surface area contributed by atoms with E-state index < -0.39 is 0 Å². The highest BCUT2D eigenvalue weighted by Crippen LogP contribution is 2.41. The van der Waals surface area contributed by atoms with E-state index in [4.69, 9.17) is 17.0 Å². The standard InChI is InChI=1S/C29H29N5O2S/c1-19-17-24(20(2)34(19)22-12-14-23(36-3)15-13-22)28-27(25-11-7-8-16-30-25)32-29(37)33(28)18-26(35)31-21-9-5-4-6-10-21/h4-17,27-28H,18H2,1-3H3,(H,31,35)(H,32,37)/t27-,28-/m1/s1. The van der Waals surface area contributed by atoms with Crippen LogP contribution in [0.3, 0.4) is 0 Å². The van der Waals surface area contributed by atoms with Gasteiger partial charge in [-0.15, -0.1) is 0 Å². The molecule has 0 saturated carbocycles. The molecule has 0 bridgehead atoms. The molecule has 1 aliphatic rings. The number of pyridine rings is 1. The Bertz CT molecular complexity index is 1400. The summed E-state index contributed by atoms with van der Waals surface area (Å²) in [5.41, 5.74) is 5.91. The predicted octanol–water partition coefficient (Wildman–Crippen LogP) is 5.11. The topological polar surface area (TPSA) is 71.4 Å². The SMILES string of the molecule is COc1ccc(-n2c(C)cc([C@@H]3[C@@H](c4ccccn4)NC(=S)N3CC(=O)Nc3ccccc3)c2C)cc1. The van der Waals surface area contributed by atoms with Gasteiger partial charge in [0.1, 0.15) is 12.3 Å². The van der Waals surface area contributed by atoms with E-state index in [0.29, 0.717) is 5.11 Å². The Hall–Kier alpha value is -4.17. The first-order valence-corrected chi connectivity index (χ1v) is 12.5. The largest absolute Gasteiger partial charge is 0.497 e. The van der Waals surface area contributed by atoms with Crippen LogP contribution in [0, 0.1) is 13.8 Å². The zero-order chi connectivity index (χ0) is 25.9. The van der Waals surface area contributed by atoms with Gasteiger partial charge in [0.2, 0.25) is 5.91 Å². The third-order valence-corrected chi connectivity index (χ3v) is 7.04. The number of carbonyl (C=O) groups is 1. The van der Waals surface area contributed by atoms with Crippen molar-refractivity contribution in [1.29, 1.82) is 0 Å². The van der Waals surface area contributed by atoms with Crippen LogP contribution in [0.25, 0.3) is 5.69 Å². The van der Waals surface area contributed by atoms with Gasteiger partial charge in [0.15, 0.2) is 5.11 Å². The number of para-hydroxylation sites is 1. The molecule has 1 saturated heterocycles. The zero-order valence-corrected chi connectivity index (χ0v) is 21.8. The second-order valence-electron chi connectivity index (χ2n) is 9.03. The summed E-state index contributed by atoms with van der Waals surface area (Å²) in [6.07, 6.45) is 1.78. The molecule has 2 N–H and O–H groups in total. The fourth-order valence-electron chi connectivity index (χ4n) is 5.01. The fourth-order valence-corrected chi connectivity index (χ4v) is 5.31. The molecule has 8 heteroatoms. The lowest BCUT2D eigenvalue weighted by Crippen LogP contribution is -2.37. The van der Waals surface area contributed by atoms with Gasteiger partial charge < -0.3 is 24.8 Å². The van der Waals surface area contributed by atoms with E-state index >= 15 is 0 Å². The molecule has 3 heterocycles. The number of hydrogen-bond donors (Lipinski definition) is 2. The monoisotopic (exact) mass is 511 g/mol. The molecule has 1 amide bonds. The molecule has 0 aliphatic carbocycles. The van der Waals surface area contributed by atoms with Crippen molar-refractivity contribution in [2.24, 2.45) is 0 Å². The minimum atomic E-state index is -0.220. The molecule has 1 fully saturated rings. The Kier molecular flexibility index (Phi) is 6.92. The second kappa shape index (κ2) is 10.4. The number of hydrogen-bond acceptors (Lipinski definition) is 4. The van der Waals surface area contributed by atoms with Crippen molar-refractivity contribution in [2.75, 3.05) is 19.0 Å². The summed E-state index contributed by atoms with van der Waals surface area (Å²) in [5.74, 6) is 0.675. The Morgan fingerprint density at radius 3 is 2.46 bits per heavy atom. The van der Waals surface area contributed by atoms with Crippen LogP contribution in [0.5, 0.6) is 5.75 Å². The number of ether oxygens (including phenoxy) is 1. The van der Waals surface area contributed by atoms with Crippen LogP contribution in [0.4, 0.5) is 5.69 Å². The average Bonchev–Trinajstić information content (AvgIpc) is 3.39. The lowest BCUT2D eigenvalue weighted by Gasteiger charge is -2.27. The van der Waals surface area contributed by atoms with E-state index in [9.17, 15) is 4.79 Å². The average molecular weight is 512 g/mol. The van der Waals surface area contributed by atoms with E-state index in [1.54, 1.807) is 13.3 Å². The summed E-state index contributed by atoms with van der Waals surface area (Å²) < 4.78 is 7.55. The molecule has 2 atom stereocenters. The van der Waals surface area contributed by atoms with E-state index in [2.05, 4.69) is 40.1 Å². The van der Waals surface area contributed by atoms with Gasteiger partial charge in [-0.3, -0.25) is 9.78 Å². The van der Waals surface area contributed by atoms with E-state index in [-0.39, 0.29) is 24.5 Å². The Morgan fingerprint density at radius 2 is 1.78 bits per heavy atom. The van der Waals surface area contributed by atoms with Crippen molar-refractivity contribution in [3.8, 4) is 11.4 Å². The van der Waals surface area contributed by atoms with Crippen LogP contribution in [-0.4, -0.2) is 39.1 Å². The van der Waals surface area contributed by atoms with Gasteiger partial charge in [0.05, 0.1) is 24.9 Å². The highest BCUT2D eigenvalue weighted by molar-refractivity contribution is 7.80. The number of thiocarbonyl (C=S) groups is 1. The maximum Gasteiger partial charge on any atom is 0.244 e. The lowest BCUT2D eigenvalue weighted by molar-refractivity contribution is -0.116. The number of anilines is 1. The van der Waals surface area contributed by atoms with Gasteiger partial charge in [-0.2, -0.15) is 0 Å². The Morgan fingerprint density at radius 1 is 1.05 bits per heavy atom. The second-order valence-corrected chi connectivity index (χ2v) is 9.42. The van der Waals surface area contributed by atoms with Crippen LogP contribution in [0.2, 0.25) is 0 Å². The molecule has 1 aliphatic heterocycles. The van der Waals surface area contributed by atoms with Crippen molar-refractivity contribution in [1.82, 2.24) is 19.8 Å². The van der Waals surface area contributed by atoms with Crippen LogP contribution in [0.1, 0.15) is 34.7 Å². The molecule has 2 aromatic carbocycles. The first-order valence-electron chi connectivity index (χ1n) is 12.1. The number of amides is 1. The van der Waals surface area contributed by atoms with Crippen LogP contribution in [0.15, 0.2) is 85.1 Å². The van der Waals surface area contributed by atoms with Crippen molar-refractivity contribution >= 4 is 28.9 Å². The fraction of sp³-hybridized carbons (Fsp3) is 0.207. The number of nitrogens with zero attached hydrogens (tertiary/aromatic N) is 3. The van der Waals surface area contributed by atoms with Crippen LogP contribution in [-0.2, 0) is 4.79 Å². The molecule has 37 heavy (non-hydrogen) atoms. The summed E-state index contributed by atoms with van der Waals surface area (Å²) in [6.45, 7) is 4.30. The predicted molar refractivity (Wildman–Crippen MR) is 149 cm³/mol. The molecule has 0 radical (unpaired) electrons. The normalized spacial score (nSPS) is 16.9. The minimum Gasteiger partial charge on any atom is -0.497 e. The molecule has 7 nitrogen and oxygen atoms in total. The van der Waals surface area contributed by atoms with Crippen molar-refractivity contribution in [2.45, 2.75) is 25.9 Å². The lowest BCUT2D eigenvalue weighted by atomic mass is 9.96. The third kappa shape index (κ3) is 4.93. The van der Waals surface area contributed by atoms with Crippen molar-refractivity contribution in [3.05, 3.63) is 108 Å². The van der Waals surface area contributed by atoms with Gasteiger partial charge in [0.25, 0.3) is 0 Å². The molecule has 188 valence electrons. The summed E-state index contributed by atoms with van der Waals surface area (Å²) in [6, 6.07) is 25.0. The zero-order valence-electron chi connectivity index (χ0n) is 21.0. The van der Waals surface area contributed by atoms with Crippen molar-refractivity contribution < 1.29 is 9.53 Å². The van der Waals surface area contributed by atoms with Gasteiger partial charge in [-0.25, -0.2) is 0 Å².